The van der Waals surface area contributed by atoms with Gasteiger partial charge in [0.25, 0.3) is 5.91 Å². The minimum Gasteiger partial charge on any atom is -0.368 e. The maximum absolute atomic E-state index is 12.1. The number of halogens is 1. The molecule has 0 unspecified atom stereocenters. The SMILES string of the molecule is CC(=O)NCCNc1cc(NCCNC(=O)c2cccnc2)nc(-c2ccc(Cl)cc2)n1. The van der Waals surface area contributed by atoms with E-state index < -0.39 is 0 Å². The van der Waals surface area contributed by atoms with Gasteiger partial charge >= 0.3 is 0 Å². The molecule has 1 aromatic carbocycles. The zero-order chi connectivity index (χ0) is 22.8. The van der Waals surface area contributed by atoms with Gasteiger partial charge in [-0.2, -0.15) is 0 Å². The number of benzene rings is 1. The Kier molecular flexibility index (Phi) is 8.33. The number of amides is 2. The average molecular weight is 454 g/mol. The van der Waals surface area contributed by atoms with Gasteiger partial charge in [0.2, 0.25) is 5.91 Å². The number of hydrogen-bond donors (Lipinski definition) is 4. The Morgan fingerprint density at radius 2 is 1.56 bits per heavy atom. The van der Waals surface area contributed by atoms with Crippen molar-refractivity contribution in [2.75, 3.05) is 36.8 Å². The van der Waals surface area contributed by atoms with Crippen molar-refractivity contribution >= 4 is 35.1 Å². The lowest BCUT2D eigenvalue weighted by atomic mass is 10.2. The molecule has 0 fully saturated rings. The van der Waals surface area contributed by atoms with Crippen LogP contribution < -0.4 is 21.3 Å². The molecule has 9 nitrogen and oxygen atoms in total. The van der Waals surface area contributed by atoms with Crippen LogP contribution in [0.15, 0.2) is 54.9 Å². The Morgan fingerprint density at radius 3 is 2.16 bits per heavy atom. The first-order valence-electron chi connectivity index (χ1n) is 10.1. The van der Waals surface area contributed by atoms with Crippen LogP contribution in [0.25, 0.3) is 11.4 Å². The molecule has 0 atom stereocenters. The summed E-state index contributed by atoms with van der Waals surface area (Å²) >= 11 is 5.99. The highest BCUT2D eigenvalue weighted by molar-refractivity contribution is 6.30. The highest BCUT2D eigenvalue weighted by Gasteiger charge is 2.08. The van der Waals surface area contributed by atoms with E-state index in [1.165, 1.54) is 13.1 Å². The summed E-state index contributed by atoms with van der Waals surface area (Å²) in [6.07, 6.45) is 3.14. The van der Waals surface area contributed by atoms with Crippen LogP contribution in [0.4, 0.5) is 11.6 Å². The Hall–Kier alpha value is -3.72. The van der Waals surface area contributed by atoms with E-state index in [4.69, 9.17) is 11.6 Å². The standard InChI is InChI=1S/C22H24ClN7O2/c1-15(31)25-9-10-26-19-13-20(30-21(29-19)16-4-6-18(23)7-5-16)27-11-12-28-22(32)17-3-2-8-24-14-17/h2-8,13-14H,9-12H2,1H3,(H,25,31)(H,28,32)(H2,26,27,29,30). The van der Waals surface area contributed by atoms with E-state index in [0.717, 1.165) is 5.56 Å². The monoisotopic (exact) mass is 453 g/mol. The van der Waals surface area contributed by atoms with Gasteiger partial charge in [-0.05, 0) is 36.4 Å². The molecule has 0 aliphatic rings. The second-order valence-electron chi connectivity index (χ2n) is 6.80. The zero-order valence-electron chi connectivity index (χ0n) is 17.6. The highest BCUT2D eigenvalue weighted by Crippen LogP contribution is 2.22. The van der Waals surface area contributed by atoms with E-state index in [9.17, 15) is 9.59 Å². The Labute approximate surface area is 191 Å². The number of rotatable bonds is 10. The summed E-state index contributed by atoms with van der Waals surface area (Å²) in [6.45, 7) is 3.32. The molecular formula is C22H24ClN7O2. The predicted molar refractivity (Wildman–Crippen MR) is 125 cm³/mol. The molecule has 0 aliphatic heterocycles. The van der Waals surface area contributed by atoms with Crippen LogP contribution in [0.1, 0.15) is 17.3 Å². The number of nitrogens with one attached hydrogen (secondary N) is 4. The summed E-state index contributed by atoms with van der Waals surface area (Å²) < 4.78 is 0. The molecule has 2 heterocycles. The van der Waals surface area contributed by atoms with Crippen molar-refractivity contribution in [1.82, 2.24) is 25.6 Å². The normalized spacial score (nSPS) is 10.3. The number of carbonyl (C=O) groups is 2. The predicted octanol–water partition coefficient (Wildman–Crippen LogP) is 2.58. The van der Waals surface area contributed by atoms with Crippen LogP contribution in [0.3, 0.4) is 0 Å². The largest absolute Gasteiger partial charge is 0.368 e. The summed E-state index contributed by atoms with van der Waals surface area (Å²) in [5.74, 6) is 1.45. The quantitative estimate of drug-likeness (QED) is 0.348. The molecule has 2 aromatic heterocycles. The molecule has 0 radical (unpaired) electrons. The van der Waals surface area contributed by atoms with Crippen LogP contribution in [0.5, 0.6) is 0 Å². The van der Waals surface area contributed by atoms with Crippen molar-refractivity contribution in [2.24, 2.45) is 0 Å². The van der Waals surface area contributed by atoms with E-state index in [0.29, 0.717) is 54.2 Å². The Balaban J connectivity index is 1.64. The van der Waals surface area contributed by atoms with Gasteiger partial charge < -0.3 is 21.3 Å². The lowest BCUT2D eigenvalue weighted by Crippen LogP contribution is -2.29. The summed E-state index contributed by atoms with van der Waals surface area (Å²) in [6, 6.07) is 12.4. The van der Waals surface area contributed by atoms with Crippen LogP contribution in [0, 0.1) is 0 Å². The molecule has 2 amide bonds. The maximum Gasteiger partial charge on any atom is 0.252 e. The second-order valence-corrected chi connectivity index (χ2v) is 7.24. The summed E-state index contributed by atoms with van der Waals surface area (Å²) in [5, 5.41) is 12.6. The lowest BCUT2D eigenvalue weighted by molar-refractivity contribution is -0.118. The topological polar surface area (TPSA) is 121 Å². The third-order valence-corrected chi connectivity index (χ3v) is 4.53. The van der Waals surface area contributed by atoms with Crippen LogP contribution in [-0.2, 0) is 4.79 Å². The Bertz CT molecular complexity index is 1050. The maximum atomic E-state index is 12.1. The van der Waals surface area contributed by atoms with E-state index in [-0.39, 0.29) is 11.8 Å². The summed E-state index contributed by atoms with van der Waals surface area (Å²) in [7, 11) is 0. The first kappa shape index (κ1) is 23.0. The summed E-state index contributed by atoms with van der Waals surface area (Å²) in [5.41, 5.74) is 1.32. The molecule has 3 rings (SSSR count). The highest BCUT2D eigenvalue weighted by atomic mass is 35.5. The molecule has 4 N–H and O–H groups in total. The molecule has 3 aromatic rings. The molecule has 0 saturated heterocycles. The van der Waals surface area contributed by atoms with Crippen LogP contribution in [-0.4, -0.2) is 52.9 Å². The fourth-order valence-corrected chi connectivity index (χ4v) is 2.88. The van der Waals surface area contributed by atoms with Crippen molar-refractivity contribution in [3.05, 3.63) is 65.4 Å². The van der Waals surface area contributed by atoms with E-state index in [2.05, 4.69) is 36.2 Å². The van der Waals surface area contributed by atoms with Crippen molar-refractivity contribution in [2.45, 2.75) is 6.92 Å². The van der Waals surface area contributed by atoms with Crippen molar-refractivity contribution in [1.29, 1.82) is 0 Å². The molecule has 32 heavy (non-hydrogen) atoms. The van der Waals surface area contributed by atoms with Gasteiger partial charge in [0, 0.05) is 62.1 Å². The van der Waals surface area contributed by atoms with Gasteiger partial charge in [0.15, 0.2) is 5.82 Å². The molecule has 0 saturated carbocycles. The number of hydrogen-bond acceptors (Lipinski definition) is 7. The first-order valence-corrected chi connectivity index (χ1v) is 10.4. The van der Waals surface area contributed by atoms with Gasteiger partial charge in [-0.25, -0.2) is 9.97 Å². The zero-order valence-corrected chi connectivity index (χ0v) is 18.3. The van der Waals surface area contributed by atoms with Crippen LogP contribution in [0.2, 0.25) is 5.02 Å². The molecule has 166 valence electrons. The number of pyridine rings is 1. The van der Waals surface area contributed by atoms with Gasteiger partial charge in [0.05, 0.1) is 5.56 Å². The minimum atomic E-state index is -0.190. The number of nitrogens with zero attached hydrogens (tertiary/aromatic N) is 3. The number of carbonyl (C=O) groups excluding carboxylic acids is 2. The second kappa shape index (κ2) is 11.6. The van der Waals surface area contributed by atoms with Gasteiger partial charge in [-0.15, -0.1) is 0 Å². The van der Waals surface area contributed by atoms with Gasteiger partial charge in [-0.1, -0.05) is 11.6 Å². The minimum absolute atomic E-state index is 0.0907. The molecule has 0 aliphatic carbocycles. The number of anilines is 2. The fourth-order valence-electron chi connectivity index (χ4n) is 2.75. The van der Waals surface area contributed by atoms with E-state index >= 15 is 0 Å². The molecule has 10 heteroatoms. The van der Waals surface area contributed by atoms with Crippen molar-refractivity contribution < 1.29 is 9.59 Å². The van der Waals surface area contributed by atoms with E-state index in [1.807, 2.05) is 12.1 Å². The third kappa shape index (κ3) is 7.21. The van der Waals surface area contributed by atoms with E-state index in [1.54, 1.807) is 36.5 Å². The molecular weight excluding hydrogens is 430 g/mol. The van der Waals surface area contributed by atoms with Crippen molar-refractivity contribution in [3.63, 3.8) is 0 Å². The van der Waals surface area contributed by atoms with Crippen LogP contribution >= 0.6 is 11.6 Å². The van der Waals surface area contributed by atoms with Crippen molar-refractivity contribution in [3.8, 4) is 11.4 Å². The first-order chi connectivity index (χ1) is 15.5. The average Bonchev–Trinajstić information content (AvgIpc) is 2.80. The summed E-state index contributed by atoms with van der Waals surface area (Å²) in [4.78, 5) is 36.2. The smallest absolute Gasteiger partial charge is 0.252 e. The Morgan fingerprint density at radius 1 is 0.906 bits per heavy atom. The van der Waals surface area contributed by atoms with Gasteiger partial charge in [-0.3, -0.25) is 14.6 Å². The third-order valence-electron chi connectivity index (χ3n) is 4.27. The molecule has 0 spiro atoms. The number of aromatic nitrogens is 3. The van der Waals surface area contributed by atoms with Gasteiger partial charge in [0.1, 0.15) is 11.6 Å². The fraction of sp³-hybridized carbons (Fsp3) is 0.227. The lowest BCUT2D eigenvalue weighted by Gasteiger charge is -2.12. The molecule has 0 bridgehead atoms.